The summed E-state index contributed by atoms with van der Waals surface area (Å²) in [6.07, 6.45) is 2.67. The molecule has 0 aliphatic carbocycles. The van der Waals surface area contributed by atoms with Crippen LogP contribution in [-0.2, 0) is 4.79 Å². The average molecular weight is 327 g/mol. The fourth-order valence-electron chi connectivity index (χ4n) is 2.40. The molecule has 1 amide bonds. The summed E-state index contributed by atoms with van der Waals surface area (Å²) in [7, 11) is 1.57. The molecule has 2 atom stereocenters. The van der Waals surface area contributed by atoms with Gasteiger partial charge in [-0.15, -0.1) is 0 Å². The van der Waals surface area contributed by atoms with E-state index in [0.29, 0.717) is 11.8 Å². The zero-order valence-electron chi connectivity index (χ0n) is 14.7. The molecule has 1 aromatic heterocycles. The van der Waals surface area contributed by atoms with Crippen LogP contribution in [0.1, 0.15) is 38.7 Å². The fraction of sp³-hybridized carbons (Fsp3) is 0.368. The fourth-order valence-corrected chi connectivity index (χ4v) is 2.40. The minimum absolute atomic E-state index is 0.0819. The molecule has 128 valence electrons. The number of rotatable bonds is 7. The van der Waals surface area contributed by atoms with Crippen LogP contribution < -0.4 is 15.4 Å². The molecule has 24 heavy (non-hydrogen) atoms. The van der Waals surface area contributed by atoms with Gasteiger partial charge in [0.25, 0.3) is 0 Å². The predicted octanol–water partition coefficient (Wildman–Crippen LogP) is 4.04. The maximum absolute atomic E-state index is 12.5. The van der Waals surface area contributed by atoms with E-state index >= 15 is 0 Å². The van der Waals surface area contributed by atoms with Gasteiger partial charge in [0, 0.05) is 11.8 Å². The highest BCUT2D eigenvalue weighted by molar-refractivity contribution is 5.96. The van der Waals surface area contributed by atoms with E-state index < -0.39 is 0 Å². The Labute approximate surface area is 143 Å². The SMILES string of the molecule is CC[C@H](C)c1ccccc1NC(=O)[C@H](C)Nc1ccc(OC)nc1. The van der Waals surface area contributed by atoms with Gasteiger partial charge in [-0.1, -0.05) is 32.0 Å². The van der Waals surface area contributed by atoms with Crippen LogP contribution in [0, 0.1) is 0 Å². The molecule has 0 radical (unpaired) electrons. The van der Waals surface area contributed by atoms with Crippen molar-refractivity contribution in [2.24, 2.45) is 0 Å². The summed E-state index contributed by atoms with van der Waals surface area (Å²) in [5, 5.41) is 6.17. The van der Waals surface area contributed by atoms with Gasteiger partial charge in [-0.2, -0.15) is 0 Å². The van der Waals surface area contributed by atoms with Crippen LogP contribution in [-0.4, -0.2) is 24.0 Å². The molecular weight excluding hydrogens is 302 g/mol. The van der Waals surface area contributed by atoms with E-state index in [2.05, 4.69) is 35.5 Å². The molecule has 0 unspecified atom stereocenters. The molecule has 0 fully saturated rings. The number of aromatic nitrogens is 1. The first kappa shape index (κ1) is 17.8. The first-order valence-electron chi connectivity index (χ1n) is 8.21. The van der Waals surface area contributed by atoms with E-state index in [9.17, 15) is 4.79 Å². The van der Waals surface area contributed by atoms with Crippen molar-refractivity contribution in [3.05, 3.63) is 48.2 Å². The molecule has 0 spiro atoms. The van der Waals surface area contributed by atoms with Gasteiger partial charge in [0.1, 0.15) is 6.04 Å². The Morgan fingerprint density at radius 1 is 1.21 bits per heavy atom. The van der Waals surface area contributed by atoms with Crippen molar-refractivity contribution in [1.29, 1.82) is 0 Å². The standard InChI is InChI=1S/C19H25N3O2/c1-5-13(2)16-8-6-7-9-17(16)22-19(23)14(3)21-15-10-11-18(24-4)20-12-15/h6-14,21H,5H2,1-4H3,(H,22,23)/t13-,14-/m0/s1. The third-order valence-electron chi connectivity index (χ3n) is 4.08. The summed E-state index contributed by atoms with van der Waals surface area (Å²) in [5.41, 5.74) is 2.80. The van der Waals surface area contributed by atoms with Gasteiger partial charge in [0.15, 0.2) is 0 Å². The zero-order valence-corrected chi connectivity index (χ0v) is 14.7. The van der Waals surface area contributed by atoms with Gasteiger partial charge in [0.2, 0.25) is 11.8 Å². The number of nitrogens with zero attached hydrogens (tertiary/aromatic N) is 1. The highest BCUT2D eigenvalue weighted by Crippen LogP contribution is 2.26. The van der Waals surface area contributed by atoms with Gasteiger partial charge in [0.05, 0.1) is 19.0 Å². The van der Waals surface area contributed by atoms with Gasteiger partial charge in [-0.05, 0) is 37.0 Å². The number of pyridine rings is 1. The van der Waals surface area contributed by atoms with E-state index in [1.54, 1.807) is 19.4 Å². The second kappa shape index (κ2) is 8.34. The molecule has 0 bridgehead atoms. The molecule has 5 nitrogen and oxygen atoms in total. The van der Waals surface area contributed by atoms with E-state index in [1.165, 1.54) is 0 Å². The molecule has 0 saturated heterocycles. The number of carbonyl (C=O) groups is 1. The smallest absolute Gasteiger partial charge is 0.246 e. The van der Waals surface area contributed by atoms with Crippen LogP contribution in [0.3, 0.4) is 0 Å². The molecule has 5 heteroatoms. The van der Waals surface area contributed by atoms with Crippen molar-refractivity contribution in [1.82, 2.24) is 4.98 Å². The number of methoxy groups -OCH3 is 1. The lowest BCUT2D eigenvalue weighted by atomic mass is 9.97. The van der Waals surface area contributed by atoms with Crippen LogP contribution in [0.15, 0.2) is 42.6 Å². The maximum Gasteiger partial charge on any atom is 0.246 e. The molecule has 1 heterocycles. The quantitative estimate of drug-likeness (QED) is 0.805. The Morgan fingerprint density at radius 2 is 1.96 bits per heavy atom. The van der Waals surface area contributed by atoms with E-state index in [0.717, 1.165) is 23.4 Å². The summed E-state index contributed by atoms with van der Waals surface area (Å²) < 4.78 is 5.03. The first-order valence-corrected chi connectivity index (χ1v) is 8.21. The second-order valence-corrected chi connectivity index (χ2v) is 5.84. The first-order chi connectivity index (χ1) is 11.5. The molecule has 0 aliphatic heterocycles. The summed E-state index contributed by atoms with van der Waals surface area (Å²) in [6, 6.07) is 11.2. The maximum atomic E-state index is 12.5. The Bertz CT molecular complexity index is 671. The summed E-state index contributed by atoms with van der Waals surface area (Å²) in [4.78, 5) is 16.6. The number of carbonyl (C=O) groups excluding carboxylic acids is 1. The van der Waals surface area contributed by atoms with Crippen LogP contribution in [0.5, 0.6) is 5.88 Å². The van der Waals surface area contributed by atoms with Crippen molar-refractivity contribution < 1.29 is 9.53 Å². The lowest BCUT2D eigenvalue weighted by molar-refractivity contribution is -0.116. The third kappa shape index (κ3) is 4.47. The van der Waals surface area contributed by atoms with Crippen molar-refractivity contribution in [2.75, 3.05) is 17.7 Å². The molecule has 2 N–H and O–H groups in total. The topological polar surface area (TPSA) is 63.2 Å². The average Bonchev–Trinajstić information content (AvgIpc) is 2.62. The van der Waals surface area contributed by atoms with Gasteiger partial charge in [-0.25, -0.2) is 4.98 Å². The summed E-state index contributed by atoms with van der Waals surface area (Å²) in [6.45, 7) is 6.13. The highest BCUT2D eigenvalue weighted by atomic mass is 16.5. The highest BCUT2D eigenvalue weighted by Gasteiger charge is 2.16. The van der Waals surface area contributed by atoms with Crippen molar-refractivity contribution in [2.45, 2.75) is 39.2 Å². The number of hydrogen-bond acceptors (Lipinski definition) is 4. The van der Waals surface area contributed by atoms with Gasteiger partial charge >= 0.3 is 0 Å². The van der Waals surface area contributed by atoms with Crippen LogP contribution in [0.25, 0.3) is 0 Å². The van der Waals surface area contributed by atoms with Crippen LogP contribution in [0.2, 0.25) is 0 Å². The third-order valence-corrected chi connectivity index (χ3v) is 4.08. The molecule has 0 saturated carbocycles. The minimum atomic E-state index is -0.384. The minimum Gasteiger partial charge on any atom is -0.481 e. The zero-order chi connectivity index (χ0) is 17.5. The molecule has 2 rings (SSSR count). The van der Waals surface area contributed by atoms with Crippen molar-refractivity contribution in [3.63, 3.8) is 0 Å². The molecule has 2 aromatic rings. The number of benzene rings is 1. The summed E-state index contributed by atoms with van der Waals surface area (Å²) >= 11 is 0. The Hall–Kier alpha value is -2.56. The molecule has 1 aromatic carbocycles. The lowest BCUT2D eigenvalue weighted by Crippen LogP contribution is -2.32. The predicted molar refractivity (Wildman–Crippen MR) is 97.7 cm³/mol. The number of anilines is 2. The van der Waals surface area contributed by atoms with Crippen molar-refractivity contribution in [3.8, 4) is 5.88 Å². The number of hydrogen-bond donors (Lipinski definition) is 2. The van der Waals surface area contributed by atoms with Gasteiger partial charge < -0.3 is 15.4 Å². The Morgan fingerprint density at radius 3 is 2.58 bits per heavy atom. The second-order valence-electron chi connectivity index (χ2n) is 5.84. The van der Waals surface area contributed by atoms with Crippen molar-refractivity contribution >= 4 is 17.3 Å². The Balaban J connectivity index is 2.03. The monoisotopic (exact) mass is 327 g/mol. The number of ether oxygens (including phenoxy) is 1. The van der Waals surface area contributed by atoms with E-state index in [4.69, 9.17) is 4.74 Å². The lowest BCUT2D eigenvalue weighted by Gasteiger charge is -2.19. The largest absolute Gasteiger partial charge is 0.481 e. The molecule has 0 aliphatic rings. The van der Waals surface area contributed by atoms with E-state index in [-0.39, 0.29) is 11.9 Å². The number of para-hydroxylation sites is 1. The summed E-state index contributed by atoms with van der Waals surface area (Å²) in [5.74, 6) is 0.859. The normalized spacial score (nSPS) is 13.0. The number of amides is 1. The van der Waals surface area contributed by atoms with Gasteiger partial charge in [-0.3, -0.25) is 4.79 Å². The van der Waals surface area contributed by atoms with E-state index in [1.807, 2.05) is 31.2 Å². The van der Waals surface area contributed by atoms with Crippen LogP contribution >= 0.6 is 0 Å². The van der Waals surface area contributed by atoms with Crippen LogP contribution in [0.4, 0.5) is 11.4 Å². The number of nitrogens with one attached hydrogen (secondary N) is 2. The molecular formula is C19H25N3O2. The Kier molecular flexibility index (Phi) is 6.18.